The van der Waals surface area contributed by atoms with Crippen molar-refractivity contribution in [1.29, 1.82) is 0 Å². The van der Waals surface area contributed by atoms with Gasteiger partial charge in [0.1, 0.15) is 10.1 Å². The van der Waals surface area contributed by atoms with Crippen molar-refractivity contribution in [2.75, 3.05) is 5.75 Å². The quantitative estimate of drug-likeness (QED) is 0.504. The van der Waals surface area contributed by atoms with Crippen molar-refractivity contribution in [3.8, 4) is 0 Å². The van der Waals surface area contributed by atoms with Crippen LogP contribution < -0.4 is 4.57 Å². The Bertz CT molecular complexity index is 386. The lowest BCUT2D eigenvalue weighted by molar-refractivity contribution is -0.698. The molecule has 0 aliphatic carbocycles. The minimum Gasteiger partial charge on any atom is -0.748 e. The van der Waals surface area contributed by atoms with Gasteiger partial charge in [0.2, 0.25) is 0 Å². The van der Waals surface area contributed by atoms with Gasteiger partial charge < -0.3 is 4.55 Å². The van der Waals surface area contributed by atoms with Gasteiger partial charge in [0.15, 0.2) is 18.4 Å². The van der Waals surface area contributed by atoms with E-state index in [0.717, 1.165) is 5.69 Å². The average molecular weight is 201 g/mol. The first kappa shape index (κ1) is 10.1. The Morgan fingerprint density at radius 2 is 2.15 bits per heavy atom. The van der Waals surface area contributed by atoms with Crippen molar-refractivity contribution >= 4 is 10.1 Å². The lowest BCUT2D eigenvalue weighted by Crippen LogP contribution is -2.39. The van der Waals surface area contributed by atoms with Gasteiger partial charge in [-0.05, 0) is 0 Å². The van der Waals surface area contributed by atoms with Gasteiger partial charge in [-0.3, -0.25) is 0 Å². The number of hydrogen-bond donors (Lipinski definition) is 0. The Morgan fingerprint density at radius 3 is 2.69 bits per heavy atom. The number of nitrogens with zero attached hydrogens (tertiary/aromatic N) is 1. The maximum absolute atomic E-state index is 10.3. The Hall–Kier alpha value is -0.940. The van der Waals surface area contributed by atoms with Crippen LogP contribution in [0.25, 0.3) is 0 Å². The SMILES string of the molecule is Cc1cccc[n+]1CCS(=O)(=O)[O-]. The van der Waals surface area contributed by atoms with Crippen molar-refractivity contribution in [3.63, 3.8) is 0 Å². The van der Waals surface area contributed by atoms with Crippen LogP contribution in [0, 0.1) is 6.92 Å². The smallest absolute Gasteiger partial charge is 0.178 e. The van der Waals surface area contributed by atoms with Crippen molar-refractivity contribution < 1.29 is 17.5 Å². The number of aryl methyl sites for hydroxylation is 2. The molecular formula is C8H11NO3S. The van der Waals surface area contributed by atoms with Crippen LogP contribution in [0.2, 0.25) is 0 Å². The van der Waals surface area contributed by atoms with Crippen LogP contribution in [-0.4, -0.2) is 18.7 Å². The zero-order valence-corrected chi connectivity index (χ0v) is 8.12. The summed E-state index contributed by atoms with van der Waals surface area (Å²) in [5, 5.41) is 0. The molecule has 4 nitrogen and oxygen atoms in total. The molecule has 0 amide bonds. The summed E-state index contributed by atoms with van der Waals surface area (Å²) in [4.78, 5) is 0. The van der Waals surface area contributed by atoms with Gasteiger partial charge in [-0.25, -0.2) is 13.0 Å². The number of hydrogen-bond acceptors (Lipinski definition) is 3. The Labute approximate surface area is 77.6 Å². The highest BCUT2D eigenvalue weighted by molar-refractivity contribution is 7.85. The zero-order chi connectivity index (χ0) is 9.90. The maximum atomic E-state index is 10.3. The fourth-order valence-corrected chi connectivity index (χ4v) is 1.44. The van der Waals surface area contributed by atoms with E-state index in [1.165, 1.54) is 0 Å². The second kappa shape index (κ2) is 3.85. The van der Waals surface area contributed by atoms with Gasteiger partial charge in [-0.15, -0.1) is 0 Å². The summed E-state index contributed by atoms with van der Waals surface area (Å²) in [6, 6.07) is 5.51. The number of aromatic nitrogens is 1. The van der Waals surface area contributed by atoms with Crippen LogP contribution in [0.4, 0.5) is 0 Å². The molecule has 0 spiro atoms. The molecule has 1 rings (SSSR count). The van der Waals surface area contributed by atoms with E-state index in [-0.39, 0.29) is 12.3 Å². The second-order valence-electron chi connectivity index (χ2n) is 2.80. The molecule has 0 aliphatic rings. The molecule has 0 unspecified atom stereocenters. The highest BCUT2D eigenvalue weighted by atomic mass is 32.2. The lowest BCUT2D eigenvalue weighted by Gasteiger charge is -2.04. The monoisotopic (exact) mass is 201 g/mol. The molecule has 0 N–H and O–H groups in total. The number of pyridine rings is 1. The average Bonchev–Trinajstić information content (AvgIpc) is 2.01. The van der Waals surface area contributed by atoms with E-state index in [1.807, 2.05) is 19.1 Å². The fraction of sp³-hybridized carbons (Fsp3) is 0.375. The molecule has 0 aliphatic heterocycles. The van der Waals surface area contributed by atoms with E-state index < -0.39 is 10.1 Å². The molecule has 5 heteroatoms. The molecule has 0 atom stereocenters. The van der Waals surface area contributed by atoms with Crippen LogP contribution >= 0.6 is 0 Å². The molecule has 0 fully saturated rings. The highest BCUT2D eigenvalue weighted by Crippen LogP contribution is 1.88. The van der Waals surface area contributed by atoms with Crippen LogP contribution in [0.5, 0.6) is 0 Å². The Kier molecular flexibility index (Phi) is 3.00. The molecule has 0 saturated heterocycles. The van der Waals surface area contributed by atoms with E-state index in [4.69, 9.17) is 0 Å². The predicted molar refractivity (Wildman–Crippen MR) is 45.9 cm³/mol. The second-order valence-corrected chi connectivity index (χ2v) is 4.32. The van der Waals surface area contributed by atoms with Gasteiger partial charge in [0, 0.05) is 19.1 Å². The standard InChI is InChI=1S/C8H11NO3S/c1-8-4-2-3-5-9(8)6-7-13(10,11)12/h2-5H,6-7H2,1H3. The maximum Gasteiger partial charge on any atom is 0.178 e. The molecular weight excluding hydrogens is 190 g/mol. The van der Waals surface area contributed by atoms with Crippen molar-refractivity contribution in [1.82, 2.24) is 0 Å². The molecule has 0 radical (unpaired) electrons. The minimum atomic E-state index is -4.11. The summed E-state index contributed by atoms with van der Waals surface area (Å²) in [7, 11) is -4.11. The Morgan fingerprint density at radius 1 is 1.46 bits per heavy atom. The Balaban J connectivity index is 2.71. The highest BCUT2D eigenvalue weighted by Gasteiger charge is 2.05. The van der Waals surface area contributed by atoms with Gasteiger partial charge in [0.25, 0.3) is 0 Å². The van der Waals surface area contributed by atoms with E-state index in [0.29, 0.717) is 0 Å². The molecule has 1 aromatic rings. The first-order valence-electron chi connectivity index (χ1n) is 3.88. The van der Waals surface area contributed by atoms with E-state index in [9.17, 15) is 13.0 Å². The van der Waals surface area contributed by atoms with E-state index >= 15 is 0 Å². The van der Waals surface area contributed by atoms with E-state index in [2.05, 4.69) is 0 Å². The van der Waals surface area contributed by atoms with Crippen LogP contribution in [0.1, 0.15) is 5.69 Å². The largest absolute Gasteiger partial charge is 0.748 e. The minimum absolute atomic E-state index is 0.221. The summed E-state index contributed by atoms with van der Waals surface area (Å²) in [6.07, 6.45) is 1.75. The third kappa shape index (κ3) is 3.52. The fourth-order valence-electron chi connectivity index (χ4n) is 1.02. The third-order valence-corrected chi connectivity index (χ3v) is 2.43. The summed E-state index contributed by atoms with van der Waals surface area (Å²) < 4.78 is 32.8. The lowest BCUT2D eigenvalue weighted by atomic mass is 10.3. The van der Waals surface area contributed by atoms with Gasteiger partial charge >= 0.3 is 0 Å². The number of rotatable bonds is 3. The molecule has 13 heavy (non-hydrogen) atoms. The summed E-state index contributed by atoms with van der Waals surface area (Å²) in [5.41, 5.74) is 0.936. The van der Waals surface area contributed by atoms with Crippen molar-refractivity contribution in [3.05, 3.63) is 30.1 Å². The normalized spacial score (nSPS) is 11.5. The molecule has 0 bridgehead atoms. The summed E-state index contributed by atoms with van der Waals surface area (Å²) in [5.74, 6) is -0.359. The van der Waals surface area contributed by atoms with Crippen molar-refractivity contribution in [2.45, 2.75) is 13.5 Å². The van der Waals surface area contributed by atoms with Gasteiger partial charge in [-0.1, -0.05) is 6.07 Å². The van der Waals surface area contributed by atoms with E-state index in [1.54, 1.807) is 16.8 Å². The van der Waals surface area contributed by atoms with Crippen LogP contribution in [0.15, 0.2) is 24.4 Å². The molecule has 0 aromatic carbocycles. The summed E-state index contributed by atoms with van der Waals surface area (Å²) in [6.45, 7) is 2.08. The molecule has 72 valence electrons. The third-order valence-electron chi connectivity index (χ3n) is 1.75. The predicted octanol–water partition coefficient (Wildman–Crippen LogP) is -0.172. The molecule has 1 aromatic heterocycles. The topological polar surface area (TPSA) is 61.1 Å². The first-order chi connectivity index (χ1) is 5.99. The van der Waals surface area contributed by atoms with Crippen molar-refractivity contribution in [2.24, 2.45) is 0 Å². The van der Waals surface area contributed by atoms with Gasteiger partial charge in [0.05, 0.1) is 5.75 Å². The first-order valence-corrected chi connectivity index (χ1v) is 5.45. The summed E-state index contributed by atoms with van der Waals surface area (Å²) >= 11 is 0. The van der Waals surface area contributed by atoms with Gasteiger partial charge in [-0.2, -0.15) is 0 Å². The van der Waals surface area contributed by atoms with Crippen LogP contribution in [-0.2, 0) is 16.7 Å². The van der Waals surface area contributed by atoms with Crippen LogP contribution in [0.3, 0.4) is 0 Å². The molecule has 1 heterocycles. The molecule has 0 saturated carbocycles. The zero-order valence-electron chi connectivity index (χ0n) is 7.30.